The zero-order valence-corrected chi connectivity index (χ0v) is 10.1. The summed E-state index contributed by atoms with van der Waals surface area (Å²) in [5, 5.41) is 19.2. The Labute approximate surface area is 107 Å². The summed E-state index contributed by atoms with van der Waals surface area (Å²) in [6.45, 7) is 1.34. The Morgan fingerprint density at radius 2 is 2.16 bits per heavy atom. The molecule has 2 fully saturated rings. The molecule has 2 aliphatic rings. The maximum Gasteiger partial charge on any atom is 0.330 e. The van der Waals surface area contributed by atoms with Crippen LogP contribution in [0.3, 0.4) is 0 Å². The van der Waals surface area contributed by atoms with Crippen molar-refractivity contribution in [1.82, 2.24) is 9.55 Å². The Kier molecular flexibility index (Phi) is 2.82. The first-order chi connectivity index (χ1) is 9.02. The fraction of sp³-hybridized carbons (Fsp3) is 0.636. The molecule has 0 radical (unpaired) electrons. The molecule has 0 aliphatic carbocycles. The van der Waals surface area contributed by atoms with Gasteiger partial charge in [0.25, 0.3) is 5.56 Å². The van der Waals surface area contributed by atoms with Crippen LogP contribution in [0, 0.1) is 12.8 Å². The first-order valence-corrected chi connectivity index (χ1v) is 5.95. The SMILES string of the molecule is Cc1cn([C@@H]2O[C@@H]3O[C@@H](CO)[C@@H]3[C@H]2O)c(=O)[nH]c1=O. The highest BCUT2D eigenvalue weighted by Gasteiger charge is 2.57. The second-order valence-electron chi connectivity index (χ2n) is 4.80. The van der Waals surface area contributed by atoms with Gasteiger partial charge < -0.3 is 19.7 Å². The third-order valence-electron chi connectivity index (χ3n) is 3.61. The number of aryl methyl sites for hydroxylation is 1. The lowest BCUT2D eigenvalue weighted by Gasteiger charge is -2.38. The number of aromatic amines is 1. The second-order valence-corrected chi connectivity index (χ2v) is 4.80. The van der Waals surface area contributed by atoms with Gasteiger partial charge >= 0.3 is 5.69 Å². The summed E-state index contributed by atoms with van der Waals surface area (Å²) in [7, 11) is 0. The monoisotopic (exact) mass is 270 g/mol. The van der Waals surface area contributed by atoms with Crippen LogP contribution in [0.25, 0.3) is 0 Å². The summed E-state index contributed by atoms with van der Waals surface area (Å²) in [5.74, 6) is -0.367. The first kappa shape index (κ1) is 12.5. The van der Waals surface area contributed by atoms with Crippen molar-refractivity contribution in [2.24, 2.45) is 5.92 Å². The summed E-state index contributed by atoms with van der Waals surface area (Å²) in [6.07, 6.45) is -1.66. The van der Waals surface area contributed by atoms with E-state index >= 15 is 0 Å². The molecule has 19 heavy (non-hydrogen) atoms. The van der Waals surface area contributed by atoms with Gasteiger partial charge in [0.05, 0.1) is 18.6 Å². The van der Waals surface area contributed by atoms with Gasteiger partial charge in [-0.1, -0.05) is 0 Å². The van der Waals surface area contributed by atoms with Crippen LogP contribution in [0.4, 0.5) is 0 Å². The lowest BCUT2D eigenvalue weighted by atomic mass is 9.92. The Balaban J connectivity index is 1.94. The molecule has 3 heterocycles. The van der Waals surface area contributed by atoms with Crippen molar-refractivity contribution in [3.63, 3.8) is 0 Å². The van der Waals surface area contributed by atoms with Gasteiger partial charge in [0.15, 0.2) is 12.5 Å². The minimum Gasteiger partial charge on any atom is -0.394 e. The van der Waals surface area contributed by atoms with Crippen molar-refractivity contribution < 1.29 is 19.7 Å². The smallest absolute Gasteiger partial charge is 0.330 e. The van der Waals surface area contributed by atoms with Gasteiger partial charge in [-0.15, -0.1) is 0 Å². The van der Waals surface area contributed by atoms with Gasteiger partial charge in [-0.3, -0.25) is 14.3 Å². The van der Waals surface area contributed by atoms with E-state index in [0.29, 0.717) is 5.56 Å². The van der Waals surface area contributed by atoms with Gasteiger partial charge in [-0.2, -0.15) is 0 Å². The molecule has 3 rings (SSSR count). The molecule has 0 saturated carbocycles. The lowest BCUT2D eigenvalue weighted by molar-refractivity contribution is -0.285. The molecule has 0 bridgehead atoms. The zero-order chi connectivity index (χ0) is 13.7. The van der Waals surface area contributed by atoms with E-state index in [1.807, 2.05) is 0 Å². The van der Waals surface area contributed by atoms with E-state index in [-0.39, 0.29) is 12.5 Å². The van der Waals surface area contributed by atoms with Crippen molar-refractivity contribution in [2.45, 2.75) is 31.6 Å². The first-order valence-electron chi connectivity index (χ1n) is 5.95. The summed E-state index contributed by atoms with van der Waals surface area (Å²) < 4.78 is 11.8. The third kappa shape index (κ3) is 1.76. The molecule has 8 nitrogen and oxygen atoms in total. The highest BCUT2D eigenvalue weighted by molar-refractivity contribution is 5.04. The Bertz CT molecular complexity index is 608. The van der Waals surface area contributed by atoms with Gasteiger partial charge in [-0.05, 0) is 6.92 Å². The fourth-order valence-corrected chi connectivity index (χ4v) is 2.52. The quantitative estimate of drug-likeness (QED) is 0.576. The Hall–Kier alpha value is -1.48. The number of aliphatic hydroxyl groups excluding tert-OH is 2. The number of fused-ring (bicyclic) bond motifs is 1. The topological polar surface area (TPSA) is 114 Å². The second kappa shape index (κ2) is 4.27. The van der Waals surface area contributed by atoms with Crippen LogP contribution in [0.2, 0.25) is 0 Å². The zero-order valence-electron chi connectivity index (χ0n) is 10.1. The Morgan fingerprint density at radius 1 is 1.42 bits per heavy atom. The molecule has 1 aromatic heterocycles. The van der Waals surface area contributed by atoms with E-state index in [9.17, 15) is 14.7 Å². The van der Waals surface area contributed by atoms with Gasteiger partial charge in [-0.25, -0.2) is 4.79 Å². The number of H-pyrrole nitrogens is 1. The van der Waals surface area contributed by atoms with E-state index in [2.05, 4.69) is 4.98 Å². The van der Waals surface area contributed by atoms with E-state index in [0.717, 1.165) is 4.57 Å². The molecule has 104 valence electrons. The summed E-state index contributed by atoms with van der Waals surface area (Å²) in [6, 6.07) is 0. The van der Waals surface area contributed by atoms with E-state index < -0.39 is 36.0 Å². The normalized spacial score (nSPS) is 36.9. The lowest BCUT2D eigenvalue weighted by Crippen LogP contribution is -2.52. The van der Waals surface area contributed by atoms with E-state index in [1.165, 1.54) is 6.20 Å². The molecular formula is C11H14N2O6. The Morgan fingerprint density at radius 3 is 2.84 bits per heavy atom. The minimum absolute atomic E-state index is 0.214. The molecule has 8 heteroatoms. The molecular weight excluding hydrogens is 256 g/mol. The van der Waals surface area contributed by atoms with Crippen molar-refractivity contribution in [2.75, 3.05) is 6.61 Å². The van der Waals surface area contributed by atoms with Crippen LogP contribution in [-0.4, -0.2) is 44.9 Å². The van der Waals surface area contributed by atoms with Crippen molar-refractivity contribution in [3.05, 3.63) is 32.6 Å². The predicted octanol–water partition coefficient (Wildman–Crippen LogP) is -1.93. The number of aliphatic hydroxyl groups is 2. The van der Waals surface area contributed by atoms with Crippen molar-refractivity contribution >= 4 is 0 Å². The van der Waals surface area contributed by atoms with Crippen LogP contribution in [0.1, 0.15) is 11.8 Å². The number of rotatable bonds is 2. The highest BCUT2D eigenvalue weighted by atomic mass is 16.7. The minimum atomic E-state index is -0.973. The molecule has 2 aliphatic heterocycles. The average molecular weight is 270 g/mol. The van der Waals surface area contributed by atoms with Crippen molar-refractivity contribution in [1.29, 1.82) is 0 Å². The van der Waals surface area contributed by atoms with E-state index in [1.54, 1.807) is 6.92 Å². The van der Waals surface area contributed by atoms with Crippen LogP contribution in [0.5, 0.6) is 0 Å². The molecule has 2 saturated heterocycles. The maximum atomic E-state index is 11.7. The molecule has 1 aromatic rings. The maximum absolute atomic E-state index is 11.7. The molecule has 0 spiro atoms. The standard InChI is InChI=1S/C11H14N2O6/c1-4-2-13(11(17)12-8(4)16)9-7(15)6-5(3-14)18-10(6)19-9/h2,5-7,9-10,14-15H,3H2,1H3,(H,12,16,17)/t5-,6+,7+,9+,10-/m0/s1. The molecule has 0 amide bonds. The van der Waals surface area contributed by atoms with Crippen LogP contribution >= 0.6 is 0 Å². The predicted molar refractivity (Wildman–Crippen MR) is 61.4 cm³/mol. The number of nitrogens with zero attached hydrogens (tertiary/aromatic N) is 1. The number of hydrogen-bond acceptors (Lipinski definition) is 6. The molecule has 0 unspecified atom stereocenters. The van der Waals surface area contributed by atoms with Crippen LogP contribution in [-0.2, 0) is 9.47 Å². The van der Waals surface area contributed by atoms with E-state index in [4.69, 9.17) is 14.6 Å². The third-order valence-corrected chi connectivity index (χ3v) is 3.61. The number of nitrogens with one attached hydrogen (secondary N) is 1. The summed E-state index contributed by atoms with van der Waals surface area (Å²) >= 11 is 0. The van der Waals surface area contributed by atoms with Crippen LogP contribution in [0.15, 0.2) is 15.8 Å². The number of ether oxygens (including phenoxy) is 2. The van der Waals surface area contributed by atoms with Crippen LogP contribution < -0.4 is 11.2 Å². The average Bonchev–Trinajstić information content (AvgIpc) is 2.57. The van der Waals surface area contributed by atoms with Crippen molar-refractivity contribution in [3.8, 4) is 0 Å². The van der Waals surface area contributed by atoms with Gasteiger partial charge in [0, 0.05) is 11.8 Å². The largest absolute Gasteiger partial charge is 0.394 e. The summed E-state index contributed by atoms with van der Waals surface area (Å²) in [4.78, 5) is 25.2. The number of aromatic nitrogens is 2. The fourth-order valence-electron chi connectivity index (χ4n) is 2.52. The molecule has 0 aromatic carbocycles. The highest BCUT2D eigenvalue weighted by Crippen LogP contribution is 2.44. The summed E-state index contributed by atoms with van der Waals surface area (Å²) in [5.41, 5.74) is -0.781. The molecule has 5 atom stereocenters. The molecule has 3 N–H and O–H groups in total. The van der Waals surface area contributed by atoms with Gasteiger partial charge in [0.2, 0.25) is 0 Å². The number of hydrogen-bond donors (Lipinski definition) is 3. The van der Waals surface area contributed by atoms with Gasteiger partial charge in [0.1, 0.15) is 6.10 Å².